The van der Waals surface area contributed by atoms with Gasteiger partial charge in [0.2, 0.25) is 0 Å². The number of hydrogen-bond acceptors (Lipinski definition) is 5. The van der Waals surface area contributed by atoms with Gasteiger partial charge in [-0.3, -0.25) is 0 Å². The molecule has 7 heteroatoms. The Balaban J connectivity index is 2.18. The molecule has 0 atom stereocenters. The number of carbonyl (C=O) groups is 2. The monoisotopic (exact) mass is 465 g/mol. The molecular weight excluding hydrogens is 449 g/mol. The number of carbonyl (C=O) groups excluding carboxylic acids is 2. The largest absolute Gasteiger partial charge is 0.507 e. The summed E-state index contributed by atoms with van der Waals surface area (Å²) in [6.45, 7) is 0. The number of benzene rings is 2. The fourth-order valence-electron chi connectivity index (χ4n) is 2.90. The molecule has 3 rings (SSSR count). The Morgan fingerprint density at radius 2 is 1.65 bits per heavy atom. The van der Waals surface area contributed by atoms with E-state index in [0.29, 0.717) is 5.56 Å². The molecule has 0 saturated carbocycles. The Labute approximate surface area is 163 Å². The maximum absolute atomic E-state index is 11.8. The molecule has 0 unspecified atom stereocenters. The Bertz CT molecular complexity index is 1020. The molecule has 0 aliphatic carbocycles. The molecular formula is C19H16INO5. The van der Waals surface area contributed by atoms with Crippen molar-refractivity contribution in [1.82, 2.24) is 4.57 Å². The summed E-state index contributed by atoms with van der Waals surface area (Å²) in [4.78, 5) is 23.4. The number of hydrogen-bond donors (Lipinski definition) is 1. The second-order valence-corrected chi connectivity index (χ2v) is 6.75. The summed E-state index contributed by atoms with van der Waals surface area (Å²) < 4.78 is 12.3. The fraction of sp³-hybridized carbons (Fsp3) is 0.158. The molecule has 134 valence electrons. The number of methoxy groups -OCH3 is 2. The van der Waals surface area contributed by atoms with Crippen molar-refractivity contribution >= 4 is 45.4 Å². The Morgan fingerprint density at radius 3 is 2.23 bits per heavy atom. The molecule has 1 N–H and O–H groups in total. The van der Waals surface area contributed by atoms with Crippen LogP contribution in [-0.4, -0.2) is 35.8 Å². The zero-order chi connectivity index (χ0) is 19.0. The summed E-state index contributed by atoms with van der Waals surface area (Å²) in [7, 11) is 4.50. The van der Waals surface area contributed by atoms with Crippen molar-refractivity contribution in [3.05, 3.63) is 51.1 Å². The van der Waals surface area contributed by atoms with E-state index < -0.39 is 11.9 Å². The summed E-state index contributed by atoms with van der Waals surface area (Å²) in [5, 5.41) is 11.0. The van der Waals surface area contributed by atoms with Gasteiger partial charge in [0.25, 0.3) is 0 Å². The average Bonchev–Trinajstić information content (AvgIpc) is 2.90. The number of rotatable bonds is 3. The first kappa shape index (κ1) is 18.2. The number of aryl methyl sites for hydroxylation is 1. The van der Waals surface area contributed by atoms with Gasteiger partial charge in [-0.25, -0.2) is 9.59 Å². The lowest BCUT2D eigenvalue weighted by Crippen LogP contribution is -2.01. The van der Waals surface area contributed by atoms with Crippen LogP contribution in [0, 0.1) is 3.57 Å². The summed E-state index contributed by atoms with van der Waals surface area (Å²) in [5.41, 5.74) is 3.19. The molecule has 0 radical (unpaired) electrons. The van der Waals surface area contributed by atoms with Crippen LogP contribution in [0.4, 0.5) is 0 Å². The predicted octanol–water partition coefficient (Wildman–Crippen LogP) is 3.73. The van der Waals surface area contributed by atoms with E-state index in [4.69, 9.17) is 9.47 Å². The van der Waals surface area contributed by atoms with Gasteiger partial charge in [-0.2, -0.15) is 0 Å². The van der Waals surface area contributed by atoms with Gasteiger partial charge in [0, 0.05) is 22.1 Å². The highest BCUT2D eigenvalue weighted by molar-refractivity contribution is 14.1. The highest BCUT2D eigenvalue weighted by Gasteiger charge is 2.20. The molecule has 0 fully saturated rings. The number of aromatic nitrogens is 1. The molecule has 3 aromatic rings. The highest BCUT2D eigenvalue weighted by Crippen LogP contribution is 2.37. The van der Waals surface area contributed by atoms with Gasteiger partial charge in [-0.05, 0) is 46.4 Å². The van der Waals surface area contributed by atoms with E-state index in [9.17, 15) is 14.7 Å². The number of aromatic hydroxyl groups is 1. The molecule has 0 amide bonds. The Kier molecular flexibility index (Phi) is 4.90. The third-order valence-electron chi connectivity index (χ3n) is 4.24. The van der Waals surface area contributed by atoms with E-state index in [1.807, 2.05) is 23.7 Å². The van der Waals surface area contributed by atoms with Gasteiger partial charge < -0.3 is 19.1 Å². The van der Waals surface area contributed by atoms with Crippen molar-refractivity contribution in [2.75, 3.05) is 14.2 Å². The van der Waals surface area contributed by atoms with Gasteiger partial charge in [0.05, 0.1) is 31.0 Å². The SMILES string of the molecule is COC(=O)c1ccc(-c2c(I)c3cc(C(=O)OC)c(O)cc3n2C)cc1. The first-order valence-electron chi connectivity index (χ1n) is 7.67. The number of phenols is 1. The van der Waals surface area contributed by atoms with Gasteiger partial charge in [-0.1, -0.05) is 12.1 Å². The molecule has 26 heavy (non-hydrogen) atoms. The maximum atomic E-state index is 11.8. The van der Waals surface area contributed by atoms with Crippen molar-refractivity contribution in [2.24, 2.45) is 7.05 Å². The maximum Gasteiger partial charge on any atom is 0.341 e. The van der Waals surface area contributed by atoms with E-state index in [0.717, 1.165) is 25.7 Å². The van der Waals surface area contributed by atoms with E-state index in [-0.39, 0.29) is 11.3 Å². The predicted molar refractivity (Wildman–Crippen MR) is 105 cm³/mol. The molecule has 1 aromatic heterocycles. The third-order valence-corrected chi connectivity index (χ3v) is 5.33. The molecule has 1 heterocycles. The third kappa shape index (κ3) is 2.92. The van der Waals surface area contributed by atoms with Crippen molar-refractivity contribution in [3.8, 4) is 17.0 Å². The standard InChI is InChI=1S/C19H16INO5/c1-21-14-9-15(22)13(19(24)26-3)8-12(14)16(20)17(21)10-4-6-11(7-5-10)18(23)25-2/h4-9,22H,1-3H3. The van der Waals surface area contributed by atoms with Crippen LogP contribution in [-0.2, 0) is 16.5 Å². The normalized spacial score (nSPS) is 10.8. The van der Waals surface area contributed by atoms with Crippen LogP contribution in [0.25, 0.3) is 22.2 Å². The van der Waals surface area contributed by atoms with Crippen molar-refractivity contribution in [3.63, 3.8) is 0 Å². The molecule has 0 spiro atoms. The molecule has 0 aliphatic heterocycles. The van der Waals surface area contributed by atoms with Crippen LogP contribution in [0.1, 0.15) is 20.7 Å². The average molecular weight is 465 g/mol. The number of fused-ring (bicyclic) bond motifs is 1. The van der Waals surface area contributed by atoms with Crippen molar-refractivity contribution in [2.45, 2.75) is 0 Å². The fourth-order valence-corrected chi connectivity index (χ4v) is 4.01. The number of halogens is 1. The lowest BCUT2D eigenvalue weighted by atomic mass is 10.1. The quantitative estimate of drug-likeness (QED) is 0.472. The summed E-state index contributed by atoms with van der Waals surface area (Å²) >= 11 is 2.21. The Morgan fingerprint density at radius 1 is 1.04 bits per heavy atom. The summed E-state index contributed by atoms with van der Waals surface area (Å²) in [6.07, 6.45) is 0. The van der Waals surface area contributed by atoms with Crippen LogP contribution in [0.5, 0.6) is 5.75 Å². The molecule has 0 aliphatic rings. The van der Waals surface area contributed by atoms with Crippen LogP contribution < -0.4 is 0 Å². The first-order valence-corrected chi connectivity index (χ1v) is 8.74. The smallest absolute Gasteiger partial charge is 0.341 e. The zero-order valence-electron chi connectivity index (χ0n) is 14.4. The van der Waals surface area contributed by atoms with Crippen LogP contribution in [0.2, 0.25) is 0 Å². The summed E-state index contributed by atoms with van der Waals surface area (Å²) in [6, 6.07) is 10.3. The Hall–Kier alpha value is -2.55. The second kappa shape index (κ2) is 6.99. The van der Waals surface area contributed by atoms with Crippen LogP contribution in [0.15, 0.2) is 36.4 Å². The van der Waals surface area contributed by atoms with Crippen LogP contribution in [0.3, 0.4) is 0 Å². The number of ether oxygens (including phenoxy) is 2. The van der Waals surface area contributed by atoms with Gasteiger partial charge in [-0.15, -0.1) is 0 Å². The first-order chi connectivity index (χ1) is 12.4. The number of esters is 2. The summed E-state index contributed by atoms with van der Waals surface area (Å²) in [5.74, 6) is -1.11. The lowest BCUT2D eigenvalue weighted by molar-refractivity contribution is 0.0590. The minimum atomic E-state index is -0.590. The van der Waals surface area contributed by atoms with Gasteiger partial charge in [0.15, 0.2) is 0 Å². The van der Waals surface area contributed by atoms with E-state index >= 15 is 0 Å². The molecule has 0 bridgehead atoms. The topological polar surface area (TPSA) is 77.8 Å². The van der Waals surface area contributed by atoms with E-state index in [1.165, 1.54) is 14.2 Å². The zero-order valence-corrected chi connectivity index (χ0v) is 16.5. The molecule has 2 aromatic carbocycles. The highest BCUT2D eigenvalue weighted by atomic mass is 127. The van der Waals surface area contributed by atoms with Crippen LogP contribution >= 0.6 is 22.6 Å². The van der Waals surface area contributed by atoms with Crippen molar-refractivity contribution in [1.29, 1.82) is 0 Å². The molecule has 6 nitrogen and oxygen atoms in total. The molecule has 0 saturated heterocycles. The van der Waals surface area contributed by atoms with Gasteiger partial charge >= 0.3 is 11.9 Å². The number of nitrogens with zero attached hydrogens (tertiary/aromatic N) is 1. The van der Waals surface area contributed by atoms with Crippen molar-refractivity contribution < 1.29 is 24.2 Å². The number of phenolic OH excluding ortho intramolecular Hbond substituents is 1. The van der Waals surface area contributed by atoms with Gasteiger partial charge in [0.1, 0.15) is 11.3 Å². The lowest BCUT2D eigenvalue weighted by Gasteiger charge is -2.07. The second-order valence-electron chi connectivity index (χ2n) is 5.67. The van der Waals surface area contributed by atoms with E-state index in [2.05, 4.69) is 22.6 Å². The minimum absolute atomic E-state index is 0.121. The van der Waals surface area contributed by atoms with E-state index in [1.54, 1.807) is 24.3 Å². The minimum Gasteiger partial charge on any atom is -0.507 e.